The quantitative estimate of drug-likeness (QED) is 0.701. The molecule has 0 aliphatic carbocycles. The number of nitrogen functional groups attached to an aromatic ring is 1. The Bertz CT molecular complexity index is 744. The summed E-state index contributed by atoms with van der Waals surface area (Å²) < 4.78 is 3.27. The van der Waals surface area contributed by atoms with Crippen molar-refractivity contribution < 1.29 is 0 Å². The lowest BCUT2D eigenvalue weighted by molar-refractivity contribution is 0.836. The van der Waals surface area contributed by atoms with Gasteiger partial charge in [0.1, 0.15) is 0 Å². The van der Waals surface area contributed by atoms with Crippen molar-refractivity contribution in [3.63, 3.8) is 0 Å². The smallest absolute Gasteiger partial charge is 0.0496 e. The van der Waals surface area contributed by atoms with Gasteiger partial charge >= 0.3 is 0 Å². The maximum absolute atomic E-state index is 6.08. The standard InChI is InChI=1S/C16H15BrN2/c1-11-9-19(16-5-3-2-4-14(11)16)10-12-6-7-13(17)8-15(12)18/h2-9H,10,18H2,1H3. The van der Waals surface area contributed by atoms with Crippen LogP contribution in [0, 0.1) is 6.92 Å². The van der Waals surface area contributed by atoms with Crippen LogP contribution in [0.5, 0.6) is 0 Å². The molecule has 3 aromatic rings. The van der Waals surface area contributed by atoms with E-state index in [1.807, 2.05) is 12.1 Å². The predicted molar refractivity (Wildman–Crippen MR) is 84.3 cm³/mol. The van der Waals surface area contributed by atoms with E-state index in [1.54, 1.807) is 0 Å². The molecule has 0 unspecified atom stereocenters. The van der Waals surface area contributed by atoms with E-state index in [1.165, 1.54) is 16.5 Å². The topological polar surface area (TPSA) is 30.9 Å². The first-order chi connectivity index (χ1) is 9.15. The first-order valence-corrected chi connectivity index (χ1v) is 7.03. The van der Waals surface area contributed by atoms with Gasteiger partial charge in [0, 0.05) is 33.8 Å². The highest BCUT2D eigenvalue weighted by molar-refractivity contribution is 9.10. The molecule has 0 radical (unpaired) electrons. The highest BCUT2D eigenvalue weighted by atomic mass is 79.9. The number of nitrogens with zero attached hydrogens (tertiary/aromatic N) is 1. The maximum atomic E-state index is 6.08. The van der Waals surface area contributed by atoms with Gasteiger partial charge in [-0.25, -0.2) is 0 Å². The molecule has 0 aliphatic rings. The molecule has 0 saturated carbocycles. The number of benzene rings is 2. The summed E-state index contributed by atoms with van der Waals surface area (Å²) in [5, 5.41) is 1.30. The number of nitrogens with two attached hydrogens (primary N) is 1. The molecule has 96 valence electrons. The van der Waals surface area contributed by atoms with Crippen LogP contribution in [-0.2, 0) is 6.54 Å². The zero-order valence-corrected chi connectivity index (χ0v) is 12.3. The number of aryl methyl sites for hydroxylation is 1. The van der Waals surface area contributed by atoms with Crippen molar-refractivity contribution >= 4 is 32.5 Å². The lowest BCUT2D eigenvalue weighted by atomic mass is 10.2. The fourth-order valence-electron chi connectivity index (χ4n) is 2.45. The minimum absolute atomic E-state index is 0.799. The van der Waals surface area contributed by atoms with Crippen LogP contribution in [0.2, 0.25) is 0 Å². The highest BCUT2D eigenvalue weighted by Crippen LogP contribution is 2.24. The highest BCUT2D eigenvalue weighted by Gasteiger charge is 2.07. The van der Waals surface area contributed by atoms with E-state index < -0.39 is 0 Å². The largest absolute Gasteiger partial charge is 0.398 e. The fourth-order valence-corrected chi connectivity index (χ4v) is 2.83. The minimum Gasteiger partial charge on any atom is -0.398 e. The lowest BCUT2D eigenvalue weighted by Gasteiger charge is -2.09. The van der Waals surface area contributed by atoms with E-state index in [0.29, 0.717) is 0 Å². The molecule has 0 atom stereocenters. The van der Waals surface area contributed by atoms with Crippen LogP contribution in [0.4, 0.5) is 5.69 Å². The average molecular weight is 315 g/mol. The molecule has 0 spiro atoms. The Morgan fingerprint density at radius 1 is 1.16 bits per heavy atom. The van der Waals surface area contributed by atoms with Crippen LogP contribution in [0.15, 0.2) is 53.1 Å². The van der Waals surface area contributed by atoms with Crippen molar-refractivity contribution in [2.24, 2.45) is 0 Å². The third-order valence-electron chi connectivity index (χ3n) is 3.44. The van der Waals surface area contributed by atoms with E-state index in [-0.39, 0.29) is 0 Å². The molecule has 1 aromatic heterocycles. The second-order valence-corrected chi connectivity index (χ2v) is 5.72. The summed E-state index contributed by atoms with van der Waals surface area (Å²) in [6.07, 6.45) is 2.19. The van der Waals surface area contributed by atoms with E-state index in [0.717, 1.165) is 22.3 Å². The van der Waals surface area contributed by atoms with Crippen LogP contribution in [0.1, 0.15) is 11.1 Å². The number of aromatic nitrogens is 1. The second-order valence-electron chi connectivity index (χ2n) is 4.80. The molecular formula is C16H15BrN2. The Morgan fingerprint density at radius 2 is 1.95 bits per heavy atom. The van der Waals surface area contributed by atoms with Gasteiger partial charge < -0.3 is 10.3 Å². The molecule has 0 bridgehead atoms. The third kappa shape index (κ3) is 2.26. The van der Waals surface area contributed by atoms with Gasteiger partial charge in [-0.05, 0) is 36.2 Å². The number of rotatable bonds is 2. The number of para-hydroxylation sites is 1. The Balaban J connectivity index is 2.06. The van der Waals surface area contributed by atoms with Crippen LogP contribution in [0.3, 0.4) is 0 Å². The number of anilines is 1. The summed E-state index contributed by atoms with van der Waals surface area (Å²) in [5.74, 6) is 0. The summed E-state index contributed by atoms with van der Waals surface area (Å²) in [6, 6.07) is 14.5. The van der Waals surface area contributed by atoms with Gasteiger partial charge in [0.05, 0.1) is 0 Å². The molecule has 0 amide bonds. The molecule has 0 aliphatic heterocycles. The van der Waals surface area contributed by atoms with Crippen molar-refractivity contribution in [2.45, 2.75) is 13.5 Å². The predicted octanol–water partition coefficient (Wildman–Crippen LogP) is 4.34. The zero-order valence-electron chi connectivity index (χ0n) is 10.7. The molecule has 3 rings (SSSR count). The van der Waals surface area contributed by atoms with Gasteiger partial charge in [-0.2, -0.15) is 0 Å². The first kappa shape index (κ1) is 12.3. The summed E-state index contributed by atoms with van der Waals surface area (Å²) in [7, 11) is 0. The molecule has 0 fully saturated rings. The van der Waals surface area contributed by atoms with Gasteiger partial charge in [-0.15, -0.1) is 0 Å². The number of halogens is 1. The van der Waals surface area contributed by atoms with Crippen molar-refractivity contribution in [2.75, 3.05) is 5.73 Å². The molecule has 2 aromatic carbocycles. The first-order valence-electron chi connectivity index (χ1n) is 6.23. The lowest BCUT2D eigenvalue weighted by Crippen LogP contribution is -2.01. The average Bonchev–Trinajstić information content (AvgIpc) is 2.71. The van der Waals surface area contributed by atoms with Gasteiger partial charge in [0.25, 0.3) is 0 Å². The number of fused-ring (bicyclic) bond motifs is 1. The Kier molecular flexibility index (Phi) is 3.07. The molecule has 1 heterocycles. The maximum Gasteiger partial charge on any atom is 0.0496 e. The second kappa shape index (κ2) is 4.74. The van der Waals surface area contributed by atoms with Gasteiger partial charge in [0.2, 0.25) is 0 Å². The van der Waals surface area contributed by atoms with Crippen molar-refractivity contribution in [3.8, 4) is 0 Å². The number of hydrogen-bond acceptors (Lipinski definition) is 1. The van der Waals surface area contributed by atoms with Crippen LogP contribution in [0.25, 0.3) is 10.9 Å². The van der Waals surface area contributed by atoms with E-state index >= 15 is 0 Å². The summed E-state index contributed by atoms with van der Waals surface area (Å²) in [5.41, 5.74) is 10.6. The van der Waals surface area contributed by atoms with Gasteiger partial charge in [-0.1, -0.05) is 40.2 Å². The Morgan fingerprint density at radius 3 is 2.74 bits per heavy atom. The van der Waals surface area contributed by atoms with Crippen molar-refractivity contribution in [3.05, 3.63) is 64.3 Å². The third-order valence-corrected chi connectivity index (χ3v) is 3.93. The minimum atomic E-state index is 0.799. The van der Waals surface area contributed by atoms with Crippen LogP contribution in [-0.4, -0.2) is 4.57 Å². The zero-order chi connectivity index (χ0) is 13.4. The Labute approximate surface area is 121 Å². The molecule has 19 heavy (non-hydrogen) atoms. The number of hydrogen-bond donors (Lipinski definition) is 1. The molecule has 2 N–H and O–H groups in total. The van der Waals surface area contributed by atoms with Crippen LogP contribution >= 0.6 is 15.9 Å². The Hall–Kier alpha value is -1.74. The van der Waals surface area contributed by atoms with Crippen molar-refractivity contribution in [1.82, 2.24) is 4.57 Å². The summed E-state index contributed by atoms with van der Waals surface area (Å²) >= 11 is 3.44. The summed E-state index contributed by atoms with van der Waals surface area (Å²) in [6.45, 7) is 2.94. The molecule has 2 nitrogen and oxygen atoms in total. The fraction of sp³-hybridized carbons (Fsp3) is 0.125. The molecular weight excluding hydrogens is 300 g/mol. The van der Waals surface area contributed by atoms with E-state index in [4.69, 9.17) is 5.73 Å². The van der Waals surface area contributed by atoms with E-state index in [2.05, 4.69) is 63.9 Å². The molecule has 3 heteroatoms. The monoisotopic (exact) mass is 314 g/mol. The summed E-state index contributed by atoms with van der Waals surface area (Å²) in [4.78, 5) is 0. The SMILES string of the molecule is Cc1cn(Cc2ccc(Br)cc2N)c2ccccc12. The van der Waals surface area contributed by atoms with E-state index in [9.17, 15) is 0 Å². The van der Waals surface area contributed by atoms with Gasteiger partial charge in [0.15, 0.2) is 0 Å². The van der Waals surface area contributed by atoms with Crippen molar-refractivity contribution in [1.29, 1.82) is 0 Å². The van der Waals surface area contributed by atoms with Crippen LogP contribution < -0.4 is 5.73 Å². The molecule has 0 saturated heterocycles. The normalized spacial score (nSPS) is 11.1. The van der Waals surface area contributed by atoms with Gasteiger partial charge in [-0.3, -0.25) is 0 Å².